The fourth-order valence-electron chi connectivity index (χ4n) is 0.895. The summed E-state index contributed by atoms with van der Waals surface area (Å²) in [7, 11) is 0. The molecular formula is C10H12N4O2. The number of nitriles is 1. The second-order valence-electron chi connectivity index (χ2n) is 4.03. The molecule has 0 atom stereocenters. The number of rotatable bonds is 1. The number of aromatic nitrogens is 2. The van der Waals surface area contributed by atoms with Gasteiger partial charge < -0.3 is 4.74 Å². The van der Waals surface area contributed by atoms with Gasteiger partial charge in [0.2, 0.25) is 0 Å². The first-order chi connectivity index (χ1) is 7.40. The molecule has 0 aliphatic rings. The Kier molecular flexibility index (Phi) is 3.40. The highest BCUT2D eigenvalue weighted by molar-refractivity contribution is 5.83. The average Bonchev–Trinajstić information content (AvgIpc) is 2.15. The number of nitrogens with one attached hydrogen (secondary N) is 1. The molecule has 0 spiro atoms. The van der Waals surface area contributed by atoms with Crippen LogP contribution in [0.3, 0.4) is 0 Å². The number of ether oxygens (including phenoxy) is 1. The maximum Gasteiger partial charge on any atom is 0.413 e. The van der Waals surface area contributed by atoms with Crippen molar-refractivity contribution >= 4 is 11.9 Å². The summed E-state index contributed by atoms with van der Waals surface area (Å²) in [6.07, 6.45) is 0.584. The van der Waals surface area contributed by atoms with Crippen LogP contribution < -0.4 is 5.32 Å². The average molecular weight is 220 g/mol. The van der Waals surface area contributed by atoms with E-state index in [0.29, 0.717) is 0 Å². The van der Waals surface area contributed by atoms with E-state index in [4.69, 9.17) is 10.00 Å². The maximum atomic E-state index is 11.4. The molecule has 0 saturated heterocycles. The summed E-state index contributed by atoms with van der Waals surface area (Å²) in [4.78, 5) is 18.8. The lowest BCUT2D eigenvalue weighted by Gasteiger charge is -2.19. The van der Waals surface area contributed by atoms with Gasteiger partial charge in [-0.25, -0.2) is 14.8 Å². The molecule has 0 aliphatic heterocycles. The van der Waals surface area contributed by atoms with Crippen LogP contribution in [-0.4, -0.2) is 21.7 Å². The fourth-order valence-corrected chi connectivity index (χ4v) is 0.895. The molecule has 1 aromatic heterocycles. The molecule has 1 heterocycles. The first-order valence-electron chi connectivity index (χ1n) is 4.63. The molecular weight excluding hydrogens is 208 g/mol. The summed E-state index contributed by atoms with van der Waals surface area (Å²) in [5, 5.41) is 11.0. The van der Waals surface area contributed by atoms with Crippen LogP contribution in [0.25, 0.3) is 0 Å². The van der Waals surface area contributed by atoms with E-state index in [9.17, 15) is 4.79 Å². The lowest BCUT2D eigenvalue weighted by atomic mass is 10.2. The zero-order valence-corrected chi connectivity index (χ0v) is 9.31. The third-order valence-electron chi connectivity index (χ3n) is 1.41. The van der Waals surface area contributed by atoms with Gasteiger partial charge in [0.25, 0.3) is 0 Å². The van der Waals surface area contributed by atoms with Crippen molar-refractivity contribution in [3.63, 3.8) is 0 Å². The minimum Gasteiger partial charge on any atom is -0.444 e. The van der Waals surface area contributed by atoms with E-state index in [0.717, 1.165) is 0 Å². The van der Waals surface area contributed by atoms with Crippen molar-refractivity contribution in [2.75, 3.05) is 5.32 Å². The van der Waals surface area contributed by atoms with Gasteiger partial charge in [0.05, 0.1) is 0 Å². The maximum absolute atomic E-state index is 11.4. The Balaban J connectivity index is 2.67. The summed E-state index contributed by atoms with van der Waals surface area (Å²) in [5.74, 6) is 0.237. The number of anilines is 1. The van der Waals surface area contributed by atoms with Gasteiger partial charge in [-0.1, -0.05) is 0 Å². The Morgan fingerprint density at radius 2 is 2.19 bits per heavy atom. The highest BCUT2D eigenvalue weighted by Crippen LogP contribution is 2.09. The molecule has 0 radical (unpaired) electrons. The van der Waals surface area contributed by atoms with E-state index < -0.39 is 11.7 Å². The highest BCUT2D eigenvalue weighted by Gasteiger charge is 2.16. The molecule has 1 N–H and O–H groups in total. The minimum atomic E-state index is -0.616. The number of amides is 1. The van der Waals surface area contributed by atoms with Gasteiger partial charge in [-0.15, -0.1) is 0 Å². The highest BCUT2D eigenvalue weighted by atomic mass is 16.6. The van der Waals surface area contributed by atoms with Crippen molar-refractivity contribution in [2.45, 2.75) is 26.4 Å². The number of carbonyl (C=O) groups excluding carboxylic acids is 1. The molecule has 1 rings (SSSR count). The van der Waals surface area contributed by atoms with Crippen molar-refractivity contribution in [3.8, 4) is 6.07 Å². The molecule has 16 heavy (non-hydrogen) atoms. The third kappa shape index (κ3) is 3.92. The monoisotopic (exact) mass is 220 g/mol. The van der Waals surface area contributed by atoms with Gasteiger partial charge in [-0.2, -0.15) is 5.26 Å². The molecule has 6 heteroatoms. The molecule has 0 unspecified atom stereocenters. The van der Waals surface area contributed by atoms with Gasteiger partial charge in [0.1, 0.15) is 29.5 Å². The molecule has 0 bridgehead atoms. The molecule has 0 aromatic carbocycles. The summed E-state index contributed by atoms with van der Waals surface area (Å²) < 4.78 is 5.02. The second-order valence-corrected chi connectivity index (χ2v) is 4.03. The van der Waals surface area contributed by atoms with E-state index in [1.54, 1.807) is 20.8 Å². The van der Waals surface area contributed by atoms with Crippen LogP contribution in [0, 0.1) is 11.3 Å². The van der Waals surface area contributed by atoms with E-state index >= 15 is 0 Å². The van der Waals surface area contributed by atoms with Gasteiger partial charge >= 0.3 is 6.09 Å². The minimum absolute atomic E-state index is 0.182. The van der Waals surface area contributed by atoms with Crippen molar-refractivity contribution < 1.29 is 9.53 Å². The van der Waals surface area contributed by atoms with Crippen LogP contribution in [-0.2, 0) is 4.74 Å². The molecule has 6 nitrogen and oxygen atoms in total. The zero-order chi connectivity index (χ0) is 12.2. The van der Waals surface area contributed by atoms with Crippen molar-refractivity contribution in [3.05, 3.63) is 18.1 Å². The molecule has 84 valence electrons. The van der Waals surface area contributed by atoms with Crippen LogP contribution >= 0.6 is 0 Å². The zero-order valence-electron chi connectivity index (χ0n) is 9.31. The number of hydrogen-bond acceptors (Lipinski definition) is 5. The number of carbonyl (C=O) groups is 1. The van der Waals surface area contributed by atoms with Gasteiger partial charge in [0.15, 0.2) is 0 Å². The Morgan fingerprint density at radius 1 is 1.50 bits per heavy atom. The first-order valence-corrected chi connectivity index (χ1v) is 4.63. The molecule has 1 aromatic rings. The smallest absolute Gasteiger partial charge is 0.413 e. The topological polar surface area (TPSA) is 87.9 Å². The quantitative estimate of drug-likeness (QED) is 0.778. The summed E-state index contributed by atoms with van der Waals surface area (Å²) in [6.45, 7) is 5.27. The predicted molar refractivity (Wildman–Crippen MR) is 56.6 cm³/mol. The van der Waals surface area contributed by atoms with Crippen LogP contribution in [0.15, 0.2) is 12.4 Å². The SMILES string of the molecule is CC(C)(C)OC(=O)Nc1cc(C#N)ncn1. The van der Waals surface area contributed by atoms with E-state index in [1.807, 2.05) is 6.07 Å². The normalized spacial score (nSPS) is 10.4. The Hall–Kier alpha value is -2.16. The molecule has 1 amide bonds. The third-order valence-corrected chi connectivity index (χ3v) is 1.41. The van der Waals surface area contributed by atoms with Gasteiger partial charge in [-0.3, -0.25) is 5.32 Å². The van der Waals surface area contributed by atoms with E-state index in [-0.39, 0.29) is 11.5 Å². The van der Waals surface area contributed by atoms with Crippen LogP contribution in [0.2, 0.25) is 0 Å². The van der Waals surface area contributed by atoms with Crippen molar-refractivity contribution in [1.29, 1.82) is 5.26 Å². The van der Waals surface area contributed by atoms with E-state index in [2.05, 4.69) is 15.3 Å². The molecule has 0 aliphatic carbocycles. The van der Waals surface area contributed by atoms with E-state index in [1.165, 1.54) is 12.4 Å². The Labute approximate surface area is 93.3 Å². The van der Waals surface area contributed by atoms with Crippen LogP contribution in [0.4, 0.5) is 10.6 Å². The van der Waals surface area contributed by atoms with Crippen molar-refractivity contribution in [1.82, 2.24) is 9.97 Å². The predicted octanol–water partition coefficient (Wildman–Crippen LogP) is 1.70. The second kappa shape index (κ2) is 4.57. The van der Waals surface area contributed by atoms with Crippen molar-refractivity contribution in [2.24, 2.45) is 0 Å². The van der Waals surface area contributed by atoms with Crippen LogP contribution in [0.1, 0.15) is 26.5 Å². The van der Waals surface area contributed by atoms with Crippen LogP contribution in [0.5, 0.6) is 0 Å². The largest absolute Gasteiger partial charge is 0.444 e. The summed E-state index contributed by atoms with van der Waals surface area (Å²) in [5.41, 5.74) is -0.393. The Bertz CT molecular complexity index is 431. The fraction of sp³-hybridized carbons (Fsp3) is 0.400. The van der Waals surface area contributed by atoms with Gasteiger partial charge in [-0.05, 0) is 20.8 Å². The lowest BCUT2D eigenvalue weighted by molar-refractivity contribution is 0.0635. The number of nitrogens with zero attached hydrogens (tertiary/aromatic N) is 3. The summed E-state index contributed by atoms with van der Waals surface area (Å²) >= 11 is 0. The van der Waals surface area contributed by atoms with Gasteiger partial charge in [0, 0.05) is 6.07 Å². The lowest BCUT2D eigenvalue weighted by Crippen LogP contribution is -2.27. The standard InChI is InChI=1S/C10H12N4O2/c1-10(2,3)16-9(15)14-8-4-7(5-11)12-6-13-8/h4,6H,1-3H3,(H,12,13,14,15). The molecule has 0 fully saturated rings. The molecule has 0 saturated carbocycles. The first kappa shape index (κ1) is 11.9. The summed E-state index contributed by atoms with van der Waals surface area (Å²) in [6, 6.07) is 3.21. The Morgan fingerprint density at radius 3 is 2.75 bits per heavy atom. The number of hydrogen-bond donors (Lipinski definition) is 1.